The fourth-order valence-electron chi connectivity index (χ4n) is 1.61. The predicted octanol–water partition coefficient (Wildman–Crippen LogP) is 2.38. The molecule has 114 valence electrons. The largest absolute Gasteiger partial charge is 0.448 e. The van der Waals surface area contributed by atoms with Crippen LogP contribution in [0.5, 0.6) is 0 Å². The topological polar surface area (TPSA) is 93.3 Å². The minimum absolute atomic E-state index is 0.317. The number of nitrogens with one attached hydrogen (secondary N) is 1. The molecule has 0 aliphatic carbocycles. The Labute approximate surface area is 135 Å². The minimum atomic E-state index is -0.317. The SMILES string of the molecule is O=C(N/N=C\c1ccc(Sc2ncccn2)o1)c1ccncc1. The first-order valence-electron chi connectivity index (χ1n) is 6.59. The Balaban J connectivity index is 1.57. The van der Waals surface area contributed by atoms with E-state index < -0.39 is 0 Å². The lowest BCUT2D eigenvalue weighted by Gasteiger charge is -1.97. The van der Waals surface area contributed by atoms with E-state index in [0.29, 0.717) is 21.6 Å². The van der Waals surface area contributed by atoms with E-state index in [2.05, 4.69) is 25.5 Å². The zero-order valence-electron chi connectivity index (χ0n) is 11.8. The molecule has 3 aromatic rings. The number of carbonyl (C=O) groups is 1. The van der Waals surface area contributed by atoms with Crippen LogP contribution in [0.15, 0.2) is 74.9 Å². The van der Waals surface area contributed by atoms with Crippen LogP contribution in [-0.4, -0.2) is 27.1 Å². The molecule has 0 fully saturated rings. The molecule has 0 bridgehead atoms. The van der Waals surface area contributed by atoms with Gasteiger partial charge in [0.15, 0.2) is 10.2 Å². The van der Waals surface area contributed by atoms with Gasteiger partial charge in [0.25, 0.3) is 5.91 Å². The predicted molar refractivity (Wildman–Crippen MR) is 84.2 cm³/mol. The number of nitrogens with zero attached hydrogens (tertiary/aromatic N) is 4. The Bertz CT molecular complexity index is 805. The first-order chi connectivity index (χ1) is 11.3. The second-order valence-electron chi connectivity index (χ2n) is 4.23. The van der Waals surface area contributed by atoms with E-state index in [1.165, 1.54) is 18.0 Å². The van der Waals surface area contributed by atoms with Crippen molar-refractivity contribution in [2.75, 3.05) is 0 Å². The summed E-state index contributed by atoms with van der Waals surface area (Å²) in [6, 6.07) is 8.48. The smallest absolute Gasteiger partial charge is 0.271 e. The molecular formula is C15H11N5O2S. The molecule has 1 amide bonds. The summed E-state index contributed by atoms with van der Waals surface area (Å²) in [7, 11) is 0. The number of hydrogen-bond acceptors (Lipinski definition) is 7. The highest BCUT2D eigenvalue weighted by molar-refractivity contribution is 7.99. The van der Waals surface area contributed by atoms with Gasteiger partial charge in [0.05, 0.1) is 6.21 Å². The molecule has 3 rings (SSSR count). The van der Waals surface area contributed by atoms with E-state index in [1.54, 1.807) is 55.1 Å². The van der Waals surface area contributed by atoms with Crippen LogP contribution >= 0.6 is 11.8 Å². The third-order valence-electron chi connectivity index (χ3n) is 2.64. The van der Waals surface area contributed by atoms with Crippen molar-refractivity contribution in [3.05, 3.63) is 66.4 Å². The lowest BCUT2D eigenvalue weighted by molar-refractivity contribution is 0.0955. The van der Waals surface area contributed by atoms with E-state index in [4.69, 9.17) is 4.42 Å². The van der Waals surface area contributed by atoms with Crippen LogP contribution in [0.4, 0.5) is 0 Å². The number of rotatable bonds is 5. The number of furan rings is 1. The molecule has 7 nitrogen and oxygen atoms in total. The molecule has 0 aliphatic heterocycles. The van der Waals surface area contributed by atoms with Crippen molar-refractivity contribution in [3.63, 3.8) is 0 Å². The Morgan fingerprint density at radius 1 is 1.13 bits per heavy atom. The summed E-state index contributed by atoms with van der Waals surface area (Å²) in [5, 5.41) is 5.09. The van der Waals surface area contributed by atoms with Gasteiger partial charge in [0.2, 0.25) is 0 Å². The Kier molecular flexibility index (Phi) is 4.75. The van der Waals surface area contributed by atoms with Crippen molar-refractivity contribution in [3.8, 4) is 0 Å². The van der Waals surface area contributed by atoms with Crippen LogP contribution in [0.1, 0.15) is 16.1 Å². The Hall–Kier alpha value is -3.00. The van der Waals surface area contributed by atoms with Crippen LogP contribution in [0.3, 0.4) is 0 Å². The molecule has 0 spiro atoms. The fraction of sp³-hybridized carbons (Fsp3) is 0. The average Bonchev–Trinajstić information content (AvgIpc) is 3.04. The van der Waals surface area contributed by atoms with Crippen LogP contribution in [-0.2, 0) is 0 Å². The second-order valence-corrected chi connectivity index (χ2v) is 5.20. The summed E-state index contributed by atoms with van der Waals surface area (Å²) in [5.74, 6) is 0.195. The first-order valence-corrected chi connectivity index (χ1v) is 7.41. The van der Waals surface area contributed by atoms with Gasteiger partial charge in [0.1, 0.15) is 5.76 Å². The number of aromatic nitrogens is 3. The monoisotopic (exact) mass is 325 g/mol. The van der Waals surface area contributed by atoms with E-state index >= 15 is 0 Å². The van der Waals surface area contributed by atoms with Gasteiger partial charge >= 0.3 is 0 Å². The summed E-state index contributed by atoms with van der Waals surface area (Å²) < 4.78 is 5.55. The molecular weight excluding hydrogens is 314 g/mol. The van der Waals surface area contributed by atoms with Crippen LogP contribution in [0.2, 0.25) is 0 Å². The second kappa shape index (κ2) is 7.32. The lowest BCUT2D eigenvalue weighted by atomic mass is 10.3. The molecule has 0 radical (unpaired) electrons. The van der Waals surface area contributed by atoms with E-state index in [-0.39, 0.29) is 5.91 Å². The summed E-state index contributed by atoms with van der Waals surface area (Å²) in [6.07, 6.45) is 7.83. The summed E-state index contributed by atoms with van der Waals surface area (Å²) >= 11 is 1.30. The molecule has 0 aliphatic rings. The molecule has 0 saturated carbocycles. The van der Waals surface area contributed by atoms with Crippen molar-refractivity contribution < 1.29 is 9.21 Å². The van der Waals surface area contributed by atoms with Crippen molar-refractivity contribution in [2.45, 2.75) is 10.2 Å². The number of hydrazone groups is 1. The molecule has 23 heavy (non-hydrogen) atoms. The Morgan fingerprint density at radius 2 is 1.91 bits per heavy atom. The number of hydrogen-bond donors (Lipinski definition) is 1. The molecule has 0 atom stereocenters. The summed E-state index contributed by atoms with van der Waals surface area (Å²) in [6.45, 7) is 0. The van der Waals surface area contributed by atoms with Gasteiger partial charge in [0, 0.05) is 30.4 Å². The Morgan fingerprint density at radius 3 is 2.70 bits per heavy atom. The van der Waals surface area contributed by atoms with E-state index in [1.807, 2.05) is 0 Å². The standard InChI is InChI=1S/C15H11N5O2S/c21-14(11-4-8-16-9-5-11)20-19-10-12-2-3-13(22-12)23-15-17-6-1-7-18-15/h1-10H,(H,20,21)/b19-10-. The number of amides is 1. The molecule has 0 saturated heterocycles. The average molecular weight is 325 g/mol. The third kappa shape index (κ3) is 4.24. The number of pyridine rings is 1. The fourth-order valence-corrected chi connectivity index (χ4v) is 2.29. The highest BCUT2D eigenvalue weighted by Gasteiger charge is 2.05. The normalized spacial score (nSPS) is 10.8. The summed E-state index contributed by atoms with van der Waals surface area (Å²) in [5.41, 5.74) is 2.90. The van der Waals surface area contributed by atoms with Crippen LogP contribution in [0, 0.1) is 0 Å². The highest BCUT2D eigenvalue weighted by Crippen LogP contribution is 2.25. The van der Waals surface area contributed by atoms with Gasteiger partial charge in [-0.15, -0.1) is 0 Å². The maximum absolute atomic E-state index is 11.8. The zero-order chi connectivity index (χ0) is 15.9. The van der Waals surface area contributed by atoms with Gasteiger partial charge in [-0.1, -0.05) is 0 Å². The quantitative estimate of drug-likeness (QED) is 0.440. The zero-order valence-corrected chi connectivity index (χ0v) is 12.6. The van der Waals surface area contributed by atoms with Crippen LogP contribution in [0.25, 0.3) is 0 Å². The van der Waals surface area contributed by atoms with E-state index in [9.17, 15) is 4.79 Å². The summed E-state index contributed by atoms with van der Waals surface area (Å²) in [4.78, 5) is 23.8. The van der Waals surface area contributed by atoms with E-state index in [0.717, 1.165) is 0 Å². The van der Waals surface area contributed by atoms with Gasteiger partial charge in [-0.3, -0.25) is 9.78 Å². The molecule has 0 aromatic carbocycles. The van der Waals surface area contributed by atoms with Crippen molar-refractivity contribution >= 4 is 23.9 Å². The molecule has 0 unspecified atom stereocenters. The highest BCUT2D eigenvalue weighted by atomic mass is 32.2. The molecule has 3 aromatic heterocycles. The maximum atomic E-state index is 11.8. The molecule has 1 N–H and O–H groups in total. The van der Waals surface area contributed by atoms with Gasteiger partial charge < -0.3 is 4.42 Å². The first kappa shape index (κ1) is 14.9. The van der Waals surface area contributed by atoms with Crippen molar-refractivity contribution in [1.29, 1.82) is 0 Å². The van der Waals surface area contributed by atoms with Gasteiger partial charge in [-0.25, -0.2) is 15.4 Å². The lowest BCUT2D eigenvalue weighted by Crippen LogP contribution is -2.17. The van der Waals surface area contributed by atoms with Crippen molar-refractivity contribution in [2.24, 2.45) is 5.10 Å². The third-order valence-corrected chi connectivity index (χ3v) is 3.45. The molecule has 8 heteroatoms. The minimum Gasteiger partial charge on any atom is -0.448 e. The molecule has 3 heterocycles. The van der Waals surface area contributed by atoms with Gasteiger partial charge in [-0.05, 0) is 42.1 Å². The maximum Gasteiger partial charge on any atom is 0.271 e. The van der Waals surface area contributed by atoms with Gasteiger partial charge in [-0.2, -0.15) is 5.10 Å². The van der Waals surface area contributed by atoms with Crippen molar-refractivity contribution in [1.82, 2.24) is 20.4 Å². The van der Waals surface area contributed by atoms with Crippen LogP contribution < -0.4 is 5.43 Å². The number of carbonyl (C=O) groups excluding carboxylic acids is 1.